The summed E-state index contributed by atoms with van der Waals surface area (Å²) in [5, 5.41) is 12.3. The van der Waals surface area contributed by atoms with Gasteiger partial charge in [-0.2, -0.15) is 33.1 Å². The van der Waals surface area contributed by atoms with Gasteiger partial charge in [0.1, 0.15) is 22.7 Å². The lowest BCUT2D eigenvalue weighted by atomic mass is 9.91. The molecule has 2 aliphatic rings. The maximum absolute atomic E-state index is 13.3. The molecule has 0 amide bonds. The van der Waals surface area contributed by atoms with Gasteiger partial charge in [0, 0.05) is 12.2 Å². The van der Waals surface area contributed by atoms with E-state index in [1.807, 2.05) is 24.3 Å². The van der Waals surface area contributed by atoms with E-state index in [4.69, 9.17) is 9.47 Å². The molecule has 1 saturated carbocycles. The molecule has 11 heteroatoms. The van der Waals surface area contributed by atoms with Crippen molar-refractivity contribution in [2.75, 3.05) is 18.5 Å². The third kappa shape index (κ3) is 4.27. The number of anilines is 1. The van der Waals surface area contributed by atoms with Crippen molar-refractivity contribution in [3.05, 3.63) is 36.0 Å². The Kier molecular flexibility index (Phi) is 5.12. The summed E-state index contributed by atoms with van der Waals surface area (Å²) >= 11 is 0. The first-order chi connectivity index (χ1) is 15.0. The highest BCUT2D eigenvalue weighted by molar-refractivity contribution is 5.73. The zero-order valence-corrected chi connectivity index (χ0v) is 16.5. The van der Waals surface area contributed by atoms with Gasteiger partial charge in [-0.15, -0.1) is 0 Å². The van der Waals surface area contributed by atoms with Gasteiger partial charge in [0.25, 0.3) is 0 Å². The number of nitrogens with one attached hydrogen (secondary N) is 1. The molecule has 3 aromatic rings. The molecule has 0 spiro atoms. The number of hydrogen-bond donors (Lipinski definition) is 1. The van der Waals surface area contributed by atoms with Crippen LogP contribution in [-0.4, -0.2) is 50.3 Å². The quantitative estimate of drug-likeness (QED) is 0.656. The van der Waals surface area contributed by atoms with Crippen LogP contribution in [0.3, 0.4) is 0 Å². The molecular weight excluding hydrogens is 413 g/mol. The Bertz CT molecular complexity index is 1040. The van der Waals surface area contributed by atoms with Crippen LogP contribution < -0.4 is 10.1 Å². The van der Waals surface area contributed by atoms with Crippen molar-refractivity contribution in [2.24, 2.45) is 0 Å². The fourth-order valence-electron chi connectivity index (χ4n) is 3.89. The fourth-order valence-corrected chi connectivity index (χ4v) is 3.89. The predicted molar refractivity (Wildman–Crippen MR) is 105 cm³/mol. The highest BCUT2D eigenvalue weighted by Gasteiger charge is 2.38. The molecule has 2 atom stereocenters. The van der Waals surface area contributed by atoms with Gasteiger partial charge in [0.05, 0.1) is 19.3 Å². The molecule has 0 unspecified atom stereocenters. The second kappa shape index (κ2) is 7.95. The van der Waals surface area contributed by atoms with Gasteiger partial charge < -0.3 is 14.8 Å². The Morgan fingerprint density at radius 1 is 1.10 bits per heavy atom. The van der Waals surface area contributed by atoms with Crippen molar-refractivity contribution in [3.63, 3.8) is 0 Å². The summed E-state index contributed by atoms with van der Waals surface area (Å²) in [4.78, 5) is 9.67. The summed E-state index contributed by atoms with van der Waals surface area (Å²) in [6.45, 7) is 0.499. The summed E-state index contributed by atoms with van der Waals surface area (Å²) < 4.78 is 50.3. The molecule has 8 nitrogen and oxygen atoms in total. The average molecular weight is 434 g/mol. The van der Waals surface area contributed by atoms with E-state index in [2.05, 4.69) is 25.5 Å². The van der Waals surface area contributed by atoms with Crippen LogP contribution in [0.15, 0.2) is 30.5 Å². The molecule has 0 bridgehead atoms. The van der Waals surface area contributed by atoms with Gasteiger partial charge in [-0.1, -0.05) is 12.1 Å². The van der Waals surface area contributed by atoms with Crippen molar-refractivity contribution in [1.82, 2.24) is 25.0 Å². The number of nitrogens with zero attached hydrogens (tertiary/aromatic N) is 5. The Morgan fingerprint density at radius 3 is 2.48 bits per heavy atom. The first-order valence-electron chi connectivity index (χ1n) is 10.2. The highest BCUT2D eigenvalue weighted by atomic mass is 19.4. The summed E-state index contributed by atoms with van der Waals surface area (Å²) in [5.74, 6) is -0.349. The van der Waals surface area contributed by atoms with Crippen molar-refractivity contribution >= 4 is 17.0 Å². The lowest BCUT2D eigenvalue weighted by Gasteiger charge is -2.30. The maximum atomic E-state index is 13.3. The second-order valence-corrected chi connectivity index (χ2v) is 7.86. The van der Waals surface area contributed by atoms with Gasteiger partial charge in [-0.25, -0.2) is 4.98 Å². The van der Waals surface area contributed by atoms with Gasteiger partial charge in [0.2, 0.25) is 11.8 Å². The Labute approximate surface area is 175 Å². The third-order valence-corrected chi connectivity index (χ3v) is 5.55. The van der Waals surface area contributed by atoms with Crippen LogP contribution in [0.25, 0.3) is 11.0 Å². The molecule has 1 saturated heterocycles. The molecule has 2 fully saturated rings. The smallest absolute Gasteiger partial charge is 0.423 e. The van der Waals surface area contributed by atoms with Crippen LogP contribution in [0.2, 0.25) is 0 Å². The number of halogens is 3. The summed E-state index contributed by atoms with van der Waals surface area (Å²) in [6.07, 6.45) is -0.809. The molecule has 0 radical (unpaired) electrons. The normalized spacial score (nSPS) is 22.3. The van der Waals surface area contributed by atoms with E-state index in [1.165, 1.54) is 0 Å². The average Bonchev–Trinajstić information content (AvgIpc) is 3.15. The topological polar surface area (TPSA) is 87.0 Å². The van der Waals surface area contributed by atoms with Crippen LogP contribution in [-0.2, 0) is 10.9 Å². The van der Waals surface area contributed by atoms with Crippen LogP contribution in [0.4, 0.5) is 19.1 Å². The molecule has 1 N–H and O–H groups in total. The van der Waals surface area contributed by atoms with E-state index in [9.17, 15) is 13.2 Å². The largest absolute Gasteiger partial charge is 0.469 e. The SMILES string of the molecule is FC(F)(F)c1cnc(N[C@@H]2CCC[C@@H](n3nc4ccccc4n3)C2)nc1OC1COC1. The van der Waals surface area contributed by atoms with Crippen LogP contribution >= 0.6 is 0 Å². The molecule has 31 heavy (non-hydrogen) atoms. The highest BCUT2D eigenvalue weighted by Crippen LogP contribution is 2.36. The summed E-state index contributed by atoms with van der Waals surface area (Å²) in [7, 11) is 0. The van der Waals surface area contributed by atoms with E-state index >= 15 is 0 Å². The van der Waals surface area contributed by atoms with Gasteiger partial charge in [0.15, 0.2) is 0 Å². The van der Waals surface area contributed by atoms with Crippen LogP contribution in [0.1, 0.15) is 37.3 Å². The lowest BCUT2D eigenvalue weighted by Crippen LogP contribution is -2.39. The Hall–Kier alpha value is -2.95. The minimum atomic E-state index is -4.60. The van der Waals surface area contributed by atoms with Crippen LogP contribution in [0.5, 0.6) is 5.88 Å². The minimum Gasteiger partial charge on any atom is -0.469 e. The van der Waals surface area contributed by atoms with E-state index < -0.39 is 23.7 Å². The fraction of sp³-hybridized carbons (Fsp3) is 0.500. The van der Waals surface area contributed by atoms with Crippen molar-refractivity contribution in [2.45, 2.75) is 50.0 Å². The molecular formula is C20H21F3N6O2. The lowest BCUT2D eigenvalue weighted by molar-refractivity contribution is -0.142. The molecule has 164 valence electrons. The zero-order chi connectivity index (χ0) is 21.4. The number of fused-ring (bicyclic) bond motifs is 1. The van der Waals surface area contributed by atoms with Crippen molar-refractivity contribution in [1.29, 1.82) is 0 Å². The molecule has 2 aromatic heterocycles. The number of alkyl halides is 3. The number of benzene rings is 1. The number of ether oxygens (including phenoxy) is 2. The van der Waals surface area contributed by atoms with E-state index in [-0.39, 0.29) is 31.2 Å². The Morgan fingerprint density at radius 2 is 1.84 bits per heavy atom. The van der Waals surface area contributed by atoms with E-state index in [1.54, 1.807) is 4.80 Å². The van der Waals surface area contributed by atoms with Gasteiger partial charge >= 0.3 is 6.18 Å². The maximum Gasteiger partial charge on any atom is 0.423 e. The first kappa shape index (κ1) is 20.0. The van der Waals surface area contributed by atoms with Crippen LogP contribution in [0, 0.1) is 0 Å². The molecule has 1 aliphatic carbocycles. The van der Waals surface area contributed by atoms with Crippen molar-refractivity contribution < 1.29 is 22.6 Å². The number of hydrogen-bond acceptors (Lipinski definition) is 7. The molecule has 3 heterocycles. The Balaban J connectivity index is 1.32. The molecule has 5 rings (SSSR count). The number of rotatable bonds is 5. The van der Waals surface area contributed by atoms with E-state index in [0.29, 0.717) is 0 Å². The second-order valence-electron chi connectivity index (χ2n) is 7.86. The number of aromatic nitrogens is 5. The standard InChI is InChI=1S/C20H21F3N6O2/c21-20(22,23)15-9-24-19(26-18(15)31-14-10-30-11-14)25-12-4-3-5-13(8-12)29-27-16-6-1-2-7-17(16)28-29/h1-2,6-7,9,12-14H,3-5,8,10-11H2,(H,24,25,26)/t12-,13-/m1/s1. The first-order valence-corrected chi connectivity index (χ1v) is 10.2. The molecule has 1 aliphatic heterocycles. The summed E-state index contributed by atoms with van der Waals surface area (Å²) in [6, 6.07) is 7.76. The third-order valence-electron chi connectivity index (χ3n) is 5.55. The predicted octanol–water partition coefficient (Wildman–Crippen LogP) is 3.61. The van der Waals surface area contributed by atoms with Gasteiger partial charge in [-0.3, -0.25) is 0 Å². The summed E-state index contributed by atoms with van der Waals surface area (Å²) in [5.41, 5.74) is 0.690. The minimum absolute atomic E-state index is 0.00974. The van der Waals surface area contributed by atoms with Gasteiger partial charge in [-0.05, 0) is 37.8 Å². The van der Waals surface area contributed by atoms with E-state index in [0.717, 1.165) is 42.9 Å². The molecule has 1 aromatic carbocycles. The monoisotopic (exact) mass is 434 g/mol. The zero-order valence-electron chi connectivity index (χ0n) is 16.5. The van der Waals surface area contributed by atoms with Crippen molar-refractivity contribution in [3.8, 4) is 5.88 Å².